The van der Waals surface area contributed by atoms with Gasteiger partial charge < -0.3 is 27.9 Å². The van der Waals surface area contributed by atoms with Gasteiger partial charge in [-0.15, -0.1) is 0 Å². The second kappa shape index (κ2) is 69.5. The van der Waals surface area contributed by atoms with Crippen molar-refractivity contribution in [2.75, 3.05) is 47.5 Å². The Balaban J connectivity index is 3.99. The van der Waals surface area contributed by atoms with E-state index < -0.39 is 26.5 Å². The van der Waals surface area contributed by atoms with Crippen molar-refractivity contribution < 1.29 is 42.1 Å². The Bertz CT molecular complexity index is 1780. The molecule has 89 heavy (non-hydrogen) atoms. The lowest BCUT2D eigenvalue weighted by molar-refractivity contribution is -0.870. The third-order valence-corrected chi connectivity index (χ3v) is 17.6. The van der Waals surface area contributed by atoms with E-state index in [2.05, 4.69) is 98.9 Å². The smallest absolute Gasteiger partial charge is 0.306 e. The SMILES string of the molecule is CC/C=C\C/C=C\C/C=C\C/C=C\C/C=C\C/C=C\C/C=C\CCCCCCCCCCCCCCCCCC(=O)OC(COC(=O)CCCCCCCCCCCCCCCCCCCCCCCCCCCCCC)COP(=O)([O-])OCC[N+](C)(C)C. The second-order valence-corrected chi connectivity index (χ2v) is 28.1. The van der Waals surface area contributed by atoms with Gasteiger partial charge in [0, 0.05) is 12.8 Å². The molecule has 0 radical (unpaired) electrons. The van der Waals surface area contributed by atoms with E-state index in [9.17, 15) is 19.0 Å². The van der Waals surface area contributed by atoms with Gasteiger partial charge in [-0.05, 0) is 70.6 Å². The van der Waals surface area contributed by atoms with Gasteiger partial charge in [0.25, 0.3) is 7.82 Å². The summed E-state index contributed by atoms with van der Waals surface area (Å²) in [6.45, 7) is 4.18. The number of phosphoric acid groups is 1. The van der Waals surface area contributed by atoms with Gasteiger partial charge in [-0.1, -0.05) is 356 Å². The number of carbonyl (C=O) groups is 2. The van der Waals surface area contributed by atoms with Crippen LogP contribution in [-0.2, 0) is 32.7 Å². The van der Waals surface area contributed by atoms with E-state index in [-0.39, 0.29) is 32.0 Å². The van der Waals surface area contributed by atoms with Crippen molar-refractivity contribution in [2.45, 2.75) is 360 Å². The first-order chi connectivity index (χ1) is 43.5. The Labute approximate surface area is 551 Å². The van der Waals surface area contributed by atoms with Gasteiger partial charge in [0.05, 0.1) is 27.7 Å². The zero-order valence-corrected chi connectivity index (χ0v) is 60.0. The summed E-state index contributed by atoms with van der Waals surface area (Å²) in [5.74, 6) is -0.817. The highest BCUT2D eigenvalue weighted by molar-refractivity contribution is 7.45. The summed E-state index contributed by atoms with van der Waals surface area (Å²) in [5, 5.41) is 0. The van der Waals surface area contributed by atoms with Crippen LogP contribution >= 0.6 is 7.82 Å². The van der Waals surface area contributed by atoms with Gasteiger partial charge in [0.15, 0.2) is 6.10 Å². The number of hydrogen-bond donors (Lipinski definition) is 0. The predicted octanol–water partition coefficient (Wildman–Crippen LogP) is 24.3. The molecule has 0 aromatic heterocycles. The predicted molar refractivity (Wildman–Crippen MR) is 383 cm³/mol. The summed E-state index contributed by atoms with van der Waals surface area (Å²) in [5.41, 5.74) is 0. The van der Waals surface area contributed by atoms with E-state index in [0.29, 0.717) is 17.4 Å². The minimum atomic E-state index is -4.64. The number of allylic oxidation sites excluding steroid dienone is 14. The van der Waals surface area contributed by atoms with Crippen molar-refractivity contribution in [1.82, 2.24) is 0 Å². The van der Waals surface area contributed by atoms with E-state index in [1.165, 1.54) is 238 Å². The summed E-state index contributed by atoms with van der Waals surface area (Å²) < 4.78 is 34.4. The molecular weight excluding hydrogens is 1120 g/mol. The molecule has 0 spiro atoms. The average molecular weight is 1270 g/mol. The normalized spacial score (nSPS) is 13.6. The van der Waals surface area contributed by atoms with Crippen LogP contribution in [0.25, 0.3) is 0 Å². The van der Waals surface area contributed by atoms with Crippen molar-refractivity contribution in [2.24, 2.45) is 0 Å². The van der Waals surface area contributed by atoms with Gasteiger partial charge in [0.2, 0.25) is 0 Å². The number of unbranched alkanes of at least 4 members (excludes halogenated alkanes) is 42. The number of hydrogen-bond acceptors (Lipinski definition) is 8. The molecule has 0 bridgehead atoms. The first-order valence-corrected chi connectivity index (χ1v) is 39.3. The van der Waals surface area contributed by atoms with Crippen molar-refractivity contribution in [1.29, 1.82) is 0 Å². The number of esters is 2. The zero-order valence-electron chi connectivity index (χ0n) is 59.1. The van der Waals surface area contributed by atoms with Gasteiger partial charge in [-0.3, -0.25) is 14.2 Å². The molecule has 0 fully saturated rings. The minimum Gasteiger partial charge on any atom is -0.756 e. The van der Waals surface area contributed by atoms with Gasteiger partial charge in [-0.2, -0.15) is 0 Å². The maximum Gasteiger partial charge on any atom is 0.306 e. The van der Waals surface area contributed by atoms with Crippen LogP contribution < -0.4 is 4.89 Å². The molecule has 0 aliphatic heterocycles. The molecule has 0 aromatic carbocycles. The van der Waals surface area contributed by atoms with E-state index >= 15 is 0 Å². The van der Waals surface area contributed by atoms with Crippen LogP contribution in [0.4, 0.5) is 0 Å². The molecule has 0 N–H and O–H groups in total. The lowest BCUT2D eigenvalue weighted by Crippen LogP contribution is -2.37. The van der Waals surface area contributed by atoms with Crippen LogP contribution in [0.3, 0.4) is 0 Å². The quantitative estimate of drug-likeness (QED) is 0.0195. The fourth-order valence-electron chi connectivity index (χ4n) is 10.9. The minimum absolute atomic E-state index is 0.0307. The maximum absolute atomic E-state index is 12.9. The van der Waals surface area contributed by atoms with Gasteiger partial charge in [0.1, 0.15) is 19.8 Å². The number of ether oxygens (including phenoxy) is 2. The van der Waals surface area contributed by atoms with Crippen LogP contribution in [0.2, 0.25) is 0 Å². The molecule has 2 unspecified atom stereocenters. The van der Waals surface area contributed by atoms with E-state index in [4.69, 9.17) is 18.5 Å². The Hall–Kier alpha value is -2.81. The zero-order chi connectivity index (χ0) is 64.8. The first-order valence-electron chi connectivity index (χ1n) is 37.8. The average Bonchev–Trinajstić information content (AvgIpc) is 3.60. The van der Waals surface area contributed by atoms with Crippen LogP contribution in [-0.4, -0.2) is 70.0 Å². The highest BCUT2D eigenvalue weighted by Crippen LogP contribution is 2.38. The molecule has 9 nitrogen and oxygen atoms in total. The molecular formula is C79H144NO8P. The molecule has 0 amide bonds. The number of likely N-dealkylation sites (N-methyl/N-ethyl adjacent to an activating group) is 1. The summed E-state index contributed by atoms with van der Waals surface area (Å²) in [4.78, 5) is 38.1. The van der Waals surface area contributed by atoms with Gasteiger partial charge in [-0.25, -0.2) is 0 Å². The third kappa shape index (κ3) is 74.1. The number of quaternary nitrogens is 1. The highest BCUT2D eigenvalue weighted by atomic mass is 31.2. The molecule has 0 aliphatic carbocycles. The molecule has 0 heterocycles. The molecule has 0 rings (SSSR count). The number of rotatable bonds is 70. The molecule has 518 valence electrons. The Morgan fingerprint density at radius 2 is 0.640 bits per heavy atom. The van der Waals surface area contributed by atoms with Crippen LogP contribution in [0.15, 0.2) is 85.1 Å². The molecule has 0 saturated carbocycles. The number of carbonyl (C=O) groups excluding carboxylic acids is 2. The van der Waals surface area contributed by atoms with Crippen molar-refractivity contribution >= 4 is 19.8 Å². The topological polar surface area (TPSA) is 111 Å². The lowest BCUT2D eigenvalue weighted by Gasteiger charge is -2.28. The Morgan fingerprint density at radius 1 is 0.360 bits per heavy atom. The Morgan fingerprint density at radius 3 is 0.955 bits per heavy atom. The fourth-order valence-corrected chi connectivity index (χ4v) is 11.7. The lowest BCUT2D eigenvalue weighted by atomic mass is 10.0. The fraction of sp³-hybridized carbons (Fsp3) is 0.797. The summed E-state index contributed by atoms with van der Waals surface area (Å²) >= 11 is 0. The first kappa shape index (κ1) is 86.2. The van der Waals surface area contributed by atoms with Crippen LogP contribution in [0.1, 0.15) is 354 Å². The molecule has 10 heteroatoms. The molecule has 2 atom stereocenters. The van der Waals surface area contributed by atoms with Crippen LogP contribution in [0, 0.1) is 0 Å². The number of nitrogens with zero attached hydrogens (tertiary/aromatic N) is 1. The molecule has 0 saturated heterocycles. The van der Waals surface area contributed by atoms with E-state index in [1.54, 1.807) is 0 Å². The summed E-state index contributed by atoms with van der Waals surface area (Å²) in [7, 11) is 1.18. The maximum atomic E-state index is 12.9. The van der Waals surface area contributed by atoms with Crippen molar-refractivity contribution in [3.05, 3.63) is 85.1 Å². The van der Waals surface area contributed by atoms with Gasteiger partial charge >= 0.3 is 11.9 Å². The standard InChI is InChI=1S/C79H144NO8P/c1-6-8-10-12-14-16-18-20-22-24-26-28-30-32-34-36-37-38-39-40-41-42-43-44-46-48-50-52-54-56-58-60-62-64-66-68-70-72-79(82)88-77(76-87-89(83,84)86-74-73-80(3,4)5)75-85-78(81)71-69-67-65-63-61-59-57-55-53-51-49-47-45-35-33-31-29-27-25-23-21-19-17-15-13-11-9-7-2/h8,10,14,16,20,22,26,28,32,34,37-38,40-41,77H,6-7,9,11-13,15,17-19,21,23-25,27,29-31,33,35-36,39,42-76H2,1-5H3/b10-8-,16-14-,22-20-,28-26-,34-32-,38-37-,41-40-. The van der Waals surface area contributed by atoms with E-state index in [1.807, 2.05) is 21.1 Å². The van der Waals surface area contributed by atoms with Crippen molar-refractivity contribution in [3.8, 4) is 0 Å². The largest absolute Gasteiger partial charge is 0.756 e. The number of phosphoric ester groups is 1. The van der Waals surface area contributed by atoms with Crippen LogP contribution in [0.5, 0.6) is 0 Å². The molecule has 0 aromatic rings. The second-order valence-electron chi connectivity index (χ2n) is 26.6. The summed E-state index contributed by atoms with van der Waals surface area (Å²) in [6, 6.07) is 0. The Kier molecular flexibility index (Phi) is 67.3. The molecule has 0 aliphatic rings. The highest BCUT2D eigenvalue weighted by Gasteiger charge is 2.22. The monoisotopic (exact) mass is 1270 g/mol. The van der Waals surface area contributed by atoms with Crippen molar-refractivity contribution in [3.63, 3.8) is 0 Å². The summed E-state index contributed by atoms with van der Waals surface area (Å²) in [6.07, 6.45) is 95.4. The third-order valence-electron chi connectivity index (χ3n) is 16.7. The van der Waals surface area contributed by atoms with E-state index in [0.717, 1.165) is 83.5 Å².